The molecule has 13 heavy (non-hydrogen) atoms. The van der Waals surface area contributed by atoms with Crippen LogP contribution in [0.1, 0.15) is 19.8 Å². The van der Waals surface area contributed by atoms with Crippen LogP contribution in [0.4, 0.5) is 0 Å². The largest absolute Gasteiger partial charge is 0.0963 e. The molecule has 0 saturated heterocycles. The third-order valence-electron chi connectivity index (χ3n) is 2.65. The first-order valence-electron chi connectivity index (χ1n) is 4.93. The zero-order chi connectivity index (χ0) is 9.10. The first-order chi connectivity index (χ1) is 6.36. The molecular weight excluding hydrogens is 156 g/mol. The van der Waals surface area contributed by atoms with Crippen LogP contribution < -0.4 is 0 Å². The highest BCUT2D eigenvalue weighted by molar-refractivity contribution is 5.37. The molecule has 0 bridgehead atoms. The second kappa shape index (κ2) is 3.69. The van der Waals surface area contributed by atoms with Gasteiger partial charge >= 0.3 is 0 Å². The van der Waals surface area contributed by atoms with Crippen LogP contribution in [-0.2, 0) is 0 Å². The predicted octanol–water partition coefficient (Wildman–Crippen LogP) is 3.60. The quantitative estimate of drug-likeness (QED) is 0.569. The normalized spacial score (nSPS) is 21.3. The summed E-state index contributed by atoms with van der Waals surface area (Å²) in [7, 11) is 0. The van der Waals surface area contributed by atoms with Gasteiger partial charge < -0.3 is 0 Å². The fourth-order valence-corrected chi connectivity index (χ4v) is 1.85. The molecular formula is C13H15+. The van der Waals surface area contributed by atoms with Crippen LogP contribution in [0.3, 0.4) is 0 Å². The third-order valence-corrected chi connectivity index (χ3v) is 2.65. The van der Waals surface area contributed by atoms with E-state index in [-0.39, 0.29) is 0 Å². The number of allylic oxidation sites excluding steroid dienone is 8. The SMILES string of the molecule is CC(CC1=CCC=C1)C1=C[CH+]C=C1. The Hall–Kier alpha value is -1.17. The van der Waals surface area contributed by atoms with Crippen LogP contribution in [0, 0.1) is 12.3 Å². The minimum atomic E-state index is 0.656. The van der Waals surface area contributed by atoms with E-state index in [4.69, 9.17) is 0 Å². The molecule has 0 spiro atoms. The van der Waals surface area contributed by atoms with Gasteiger partial charge in [0, 0.05) is 12.3 Å². The lowest BCUT2D eigenvalue weighted by atomic mass is 9.94. The van der Waals surface area contributed by atoms with Crippen molar-refractivity contribution in [3.63, 3.8) is 0 Å². The Kier molecular flexibility index (Phi) is 2.40. The summed E-state index contributed by atoms with van der Waals surface area (Å²) in [6.07, 6.45) is 17.8. The Morgan fingerprint density at radius 3 is 3.00 bits per heavy atom. The van der Waals surface area contributed by atoms with Gasteiger partial charge in [0.1, 0.15) is 0 Å². The first kappa shape index (κ1) is 8.43. The predicted molar refractivity (Wildman–Crippen MR) is 57.1 cm³/mol. The zero-order valence-electron chi connectivity index (χ0n) is 8.03. The first-order valence-corrected chi connectivity index (χ1v) is 4.93. The van der Waals surface area contributed by atoms with Crippen LogP contribution >= 0.6 is 0 Å². The Morgan fingerprint density at radius 1 is 1.46 bits per heavy atom. The summed E-state index contributed by atoms with van der Waals surface area (Å²) in [6.45, 7) is 2.29. The second-order valence-corrected chi connectivity index (χ2v) is 3.74. The van der Waals surface area contributed by atoms with Crippen molar-refractivity contribution in [1.82, 2.24) is 0 Å². The van der Waals surface area contributed by atoms with E-state index in [1.54, 1.807) is 0 Å². The van der Waals surface area contributed by atoms with Gasteiger partial charge in [0.2, 0.25) is 0 Å². The van der Waals surface area contributed by atoms with E-state index < -0.39 is 0 Å². The van der Waals surface area contributed by atoms with Crippen molar-refractivity contribution in [2.45, 2.75) is 19.8 Å². The molecule has 0 radical (unpaired) electrons. The molecule has 0 fully saturated rings. The average molecular weight is 171 g/mol. The van der Waals surface area contributed by atoms with Crippen molar-refractivity contribution in [1.29, 1.82) is 0 Å². The molecule has 0 nitrogen and oxygen atoms in total. The van der Waals surface area contributed by atoms with Crippen molar-refractivity contribution >= 4 is 0 Å². The van der Waals surface area contributed by atoms with Gasteiger partial charge in [0.25, 0.3) is 0 Å². The van der Waals surface area contributed by atoms with Crippen molar-refractivity contribution < 1.29 is 0 Å². The lowest BCUT2D eigenvalue weighted by Gasteiger charge is -2.05. The lowest BCUT2D eigenvalue weighted by molar-refractivity contribution is 0.699. The van der Waals surface area contributed by atoms with E-state index in [1.807, 2.05) is 0 Å². The number of rotatable bonds is 3. The van der Waals surface area contributed by atoms with Crippen LogP contribution in [0.5, 0.6) is 0 Å². The van der Waals surface area contributed by atoms with Crippen LogP contribution in [0.15, 0.2) is 47.6 Å². The fourth-order valence-electron chi connectivity index (χ4n) is 1.85. The van der Waals surface area contributed by atoms with Gasteiger partial charge in [-0.3, -0.25) is 0 Å². The van der Waals surface area contributed by atoms with Gasteiger partial charge in [-0.2, -0.15) is 0 Å². The maximum Gasteiger partial charge on any atom is 0.0963 e. The lowest BCUT2D eigenvalue weighted by Crippen LogP contribution is -1.96. The smallest absolute Gasteiger partial charge is 0.0805 e. The molecule has 0 aromatic rings. The molecule has 0 amide bonds. The average Bonchev–Trinajstić information content (AvgIpc) is 2.74. The maximum atomic E-state index is 2.32. The Morgan fingerprint density at radius 2 is 2.38 bits per heavy atom. The van der Waals surface area contributed by atoms with E-state index in [0.717, 1.165) is 6.42 Å². The van der Waals surface area contributed by atoms with E-state index in [1.165, 1.54) is 17.6 Å². The summed E-state index contributed by atoms with van der Waals surface area (Å²) >= 11 is 0. The van der Waals surface area contributed by atoms with Crippen LogP contribution in [0.2, 0.25) is 0 Å². The van der Waals surface area contributed by atoms with Gasteiger partial charge in [-0.05, 0) is 19.8 Å². The zero-order valence-corrected chi connectivity index (χ0v) is 8.03. The number of hydrogen-bond donors (Lipinski definition) is 0. The molecule has 0 heteroatoms. The molecule has 0 aromatic carbocycles. The highest BCUT2D eigenvalue weighted by atomic mass is 14.2. The fraction of sp³-hybridized carbons (Fsp3) is 0.308. The van der Waals surface area contributed by atoms with Crippen molar-refractivity contribution in [2.24, 2.45) is 5.92 Å². The van der Waals surface area contributed by atoms with Crippen LogP contribution in [0.25, 0.3) is 0 Å². The monoisotopic (exact) mass is 171 g/mol. The Labute approximate surface area is 80.3 Å². The number of hydrogen-bond acceptors (Lipinski definition) is 0. The molecule has 2 aliphatic rings. The summed E-state index contributed by atoms with van der Waals surface area (Å²) in [5.41, 5.74) is 2.95. The van der Waals surface area contributed by atoms with Gasteiger partial charge in [0.15, 0.2) is 0 Å². The molecule has 2 rings (SSSR count). The molecule has 1 atom stereocenters. The molecule has 2 aliphatic carbocycles. The summed E-state index contributed by atoms with van der Waals surface area (Å²) in [5, 5.41) is 0. The molecule has 0 aliphatic heterocycles. The van der Waals surface area contributed by atoms with Crippen LogP contribution in [-0.4, -0.2) is 0 Å². The Balaban J connectivity index is 1.94. The van der Waals surface area contributed by atoms with Gasteiger partial charge in [-0.15, -0.1) is 0 Å². The van der Waals surface area contributed by atoms with E-state index in [2.05, 4.69) is 49.8 Å². The Bertz CT molecular complexity index is 300. The summed E-state index contributed by atoms with van der Waals surface area (Å²) in [5.74, 6) is 0.656. The summed E-state index contributed by atoms with van der Waals surface area (Å²) < 4.78 is 0. The molecule has 0 aromatic heterocycles. The van der Waals surface area contributed by atoms with Crippen molar-refractivity contribution in [3.05, 3.63) is 54.0 Å². The van der Waals surface area contributed by atoms with Crippen molar-refractivity contribution in [3.8, 4) is 0 Å². The molecule has 0 heterocycles. The van der Waals surface area contributed by atoms with Gasteiger partial charge in [-0.1, -0.05) is 23.8 Å². The van der Waals surface area contributed by atoms with Gasteiger partial charge in [-0.25, -0.2) is 0 Å². The second-order valence-electron chi connectivity index (χ2n) is 3.74. The standard InChI is InChI=1S/C13H15/c1-11(13-8-4-5-9-13)10-12-6-2-3-7-12/h2,4-9,11H,3,10H2,1H3/q+1. The minimum absolute atomic E-state index is 0.656. The summed E-state index contributed by atoms with van der Waals surface area (Å²) in [6, 6.07) is 0. The maximum absolute atomic E-state index is 2.32. The topological polar surface area (TPSA) is 0 Å². The summed E-state index contributed by atoms with van der Waals surface area (Å²) in [4.78, 5) is 0. The van der Waals surface area contributed by atoms with Crippen molar-refractivity contribution in [2.75, 3.05) is 0 Å². The molecule has 66 valence electrons. The molecule has 0 saturated carbocycles. The van der Waals surface area contributed by atoms with Gasteiger partial charge in [0.05, 0.1) is 23.8 Å². The van der Waals surface area contributed by atoms with E-state index >= 15 is 0 Å². The molecule has 1 unspecified atom stereocenters. The molecule has 0 N–H and O–H groups in total. The third kappa shape index (κ3) is 1.95. The van der Waals surface area contributed by atoms with E-state index in [9.17, 15) is 0 Å². The highest BCUT2D eigenvalue weighted by Gasteiger charge is 2.17. The highest BCUT2D eigenvalue weighted by Crippen LogP contribution is 2.26. The van der Waals surface area contributed by atoms with E-state index in [0.29, 0.717) is 5.92 Å². The minimum Gasteiger partial charge on any atom is -0.0805 e.